The average molecular weight is 606 g/mol. The molecule has 2 N–H and O–H groups in total. The van der Waals surface area contributed by atoms with Crippen molar-refractivity contribution in [2.45, 2.75) is 81.6 Å². The third-order valence-electron chi connectivity index (χ3n) is 9.61. The molecule has 3 unspecified atom stereocenters. The number of hydrogen-bond donors (Lipinski definition) is 2. The number of alkyl halides is 3. The number of piperidine rings is 1. The van der Waals surface area contributed by atoms with Crippen LogP contribution in [0.2, 0.25) is 0 Å². The first-order chi connectivity index (χ1) is 20.3. The lowest BCUT2D eigenvalue weighted by Gasteiger charge is -2.41. The Morgan fingerprint density at radius 2 is 1.86 bits per heavy atom. The molecule has 230 valence electrons. The predicted molar refractivity (Wildman–Crippen MR) is 157 cm³/mol. The molecule has 4 heterocycles. The zero-order valence-electron chi connectivity index (χ0n) is 24.2. The Kier molecular flexibility index (Phi) is 9.19. The molecule has 1 saturated carbocycles. The van der Waals surface area contributed by atoms with Crippen molar-refractivity contribution in [1.82, 2.24) is 24.9 Å². The van der Waals surface area contributed by atoms with Gasteiger partial charge in [0.1, 0.15) is 0 Å². The van der Waals surface area contributed by atoms with E-state index in [9.17, 15) is 23.1 Å². The molecule has 1 amide bonds. The number of nitrogens with one attached hydrogen (secondary N) is 1. The quantitative estimate of drug-likeness (QED) is 0.422. The zero-order chi connectivity index (χ0) is 29.3. The minimum atomic E-state index is -4.52. The maximum Gasteiger partial charge on any atom is 0.417 e. The molecular formula is C31H42F3N5O2S. The highest BCUT2D eigenvalue weighted by atomic mass is 32.2. The lowest BCUT2D eigenvalue weighted by Crippen LogP contribution is -2.45. The van der Waals surface area contributed by atoms with Crippen molar-refractivity contribution >= 4 is 17.7 Å². The molecule has 6 rings (SSSR count). The van der Waals surface area contributed by atoms with Crippen LogP contribution in [-0.2, 0) is 30.5 Å². The van der Waals surface area contributed by atoms with Crippen molar-refractivity contribution in [3.8, 4) is 11.3 Å². The molecule has 2 saturated heterocycles. The van der Waals surface area contributed by atoms with Gasteiger partial charge in [-0.1, -0.05) is 25.3 Å². The van der Waals surface area contributed by atoms with Crippen LogP contribution in [0.4, 0.5) is 13.2 Å². The predicted octanol–water partition coefficient (Wildman–Crippen LogP) is 4.80. The molecule has 1 aliphatic carbocycles. The molecule has 3 atom stereocenters. The van der Waals surface area contributed by atoms with Crippen molar-refractivity contribution in [1.29, 1.82) is 0 Å². The third kappa shape index (κ3) is 6.69. The number of aliphatic hydroxyl groups excluding tert-OH is 1. The minimum absolute atomic E-state index is 0.0229. The number of aromatic nitrogens is 2. The fourth-order valence-electron chi connectivity index (χ4n) is 7.42. The Bertz CT molecular complexity index is 1260. The van der Waals surface area contributed by atoms with E-state index in [0.717, 1.165) is 79.8 Å². The highest BCUT2D eigenvalue weighted by Crippen LogP contribution is 2.40. The molecule has 2 aromatic rings. The fourth-order valence-corrected chi connectivity index (χ4v) is 8.43. The summed E-state index contributed by atoms with van der Waals surface area (Å²) < 4.78 is 43.7. The van der Waals surface area contributed by atoms with Gasteiger partial charge in [-0.25, -0.2) is 0 Å². The van der Waals surface area contributed by atoms with E-state index >= 15 is 0 Å². The molecule has 4 aliphatic rings. The maximum atomic E-state index is 13.9. The van der Waals surface area contributed by atoms with Gasteiger partial charge in [0.05, 0.1) is 29.7 Å². The van der Waals surface area contributed by atoms with Crippen LogP contribution >= 0.6 is 11.8 Å². The standard InChI is InChI=1S/C31H42F3N5O2S/c32-31(33,34)26-8-7-22(15-28(26)42-20-29(41)38-12-3-4-13-38)30-25-16-35-11-9-27(25)39(36-30)19-24(40)18-37-14-10-21-5-1-2-6-23(21)17-37/h7-8,15,21,23-24,35,40H,1-6,9-14,16-20H2. The van der Waals surface area contributed by atoms with E-state index < -0.39 is 17.8 Å². The Hall–Kier alpha value is -2.08. The molecule has 11 heteroatoms. The molecule has 42 heavy (non-hydrogen) atoms. The SMILES string of the molecule is O=C(CSc1cc(-c2nn(CC(O)CN3CCC4CCCCC4C3)c3c2CNCC3)ccc1C(F)(F)F)N1CCCC1. The van der Waals surface area contributed by atoms with Gasteiger partial charge in [-0.2, -0.15) is 18.3 Å². The number of halogens is 3. The zero-order valence-corrected chi connectivity index (χ0v) is 25.0. The second kappa shape index (κ2) is 12.9. The van der Waals surface area contributed by atoms with Crippen LogP contribution in [0.15, 0.2) is 23.1 Å². The first kappa shape index (κ1) is 30.0. The van der Waals surface area contributed by atoms with Gasteiger partial charge in [0, 0.05) is 67.4 Å². The van der Waals surface area contributed by atoms with Crippen LogP contribution in [0, 0.1) is 11.8 Å². The van der Waals surface area contributed by atoms with E-state index in [2.05, 4.69) is 10.2 Å². The van der Waals surface area contributed by atoms with E-state index in [4.69, 9.17) is 5.10 Å². The number of fused-ring (bicyclic) bond motifs is 2. The third-order valence-corrected chi connectivity index (χ3v) is 10.6. The second-order valence-corrected chi connectivity index (χ2v) is 13.5. The van der Waals surface area contributed by atoms with Gasteiger partial charge in [0.15, 0.2) is 0 Å². The van der Waals surface area contributed by atoms with E-state index in [1.54, 1.807) is 4.90 Å². The van der Waals surface area contributed by atoms with E-state index in [1.807, 2.05) is 4.68 Å². The summed E-state index contributed by atoms with van der Waals surface area (Å²) in [5.41, 5.74) is 2.53. The summed E-state index contributed by atoms with van der Waals surface area (Å²) in [6, 6.07) is 4.14. The number of amides is 1. The van der Waals surface area contributed by atoms with Gasteiger partial charge in [-0.05, 0) is 56.2 Å². The smallest absolute Gasteiger partial charge is 0.390 e. The molecule has 0 spiro atoms. The summed E-state index contributed by atoms with van der Waals surface area (Å²) in [6.07, 6.45) is 4.03. The van der Waals surface area contributed by atoms with Crippen molar-refractivity contribution in [2.75, 3.05) is 45.0 Å². The van der Waals surface area contributed by atoms with Crippen LogP contribution in [0.25, 0.3) is 11.3 Å². The molecule has 1 aromatic heterocycles. The summed E-state index contributed by atoms with van der Waals surface area (Å²) in [4.78, 5) is 16.8. The summed E-state index contributed by atoms with van der Waals surface area (Å²) >= 11 is 0.953. The highest BCUT2D eigenvalue weighted by Gasteiger charge is 2.35. The highest BCUT2D eigenvalue weighted by molar-refractivity contribution is 8.00. The van der Waals surface area contributed by atoms with Gasteiger partial charge < -0.3 is 20.2 Å². The molecular weight excluding hydrogens is 563 g/mol. The van der Waals surface area contributed by atoms with Crippen molar-refractivity contribution < 1.29 is 23.1 Å². The summed E-state index contributed by atoms with van der Waals surface area (Å²) in [6.45, 7) is 5.76. The van der Waals surface area contributed by atoms with Crippen molar-refractivity contribution in [2.24, 2.45) is 11.8 Å². The Morgan fingerprint density at radius 1 is 1.07 bits per heavy atom. The van der Waals surface area contributed by atoms with Crippen LogP contribution in [0.1, 0.15) is 61.8 Å². The number of nitrogens with zero attached hydrogens (tertiary/aromatic N) is 4. The monoisotopic (exact) mass is 605 g/mol. The van der Waals surface area contributed by atoms with E-state index in [0.29, 0.717) is 44.0 Å². The fraction of sp³-hybridized carbons (Fsp3) is 0.677. The molecule has 1 aromatic carbocycles. The van der Waals surface area contributed by atoms with E-state index in [1.165, 1.54) is 44.2 Å². The molecule has 0 bridgehead atoms. The van der Waals surface area contributed by atoms with Crippen molar-refractivity contribution in [3.63, 3.8) is 0 Å². The number of rotatable bonds is 8. The van der Waals surface area contributed by atoms with E-state index in [-0.39, 0.29) is 16.6 Å². The largest absolute Gasteiger partial charge is 0.417 e. The van der Waals surface area contributed by atoms with Crippen molar-refractivity contribution in [3.05, 3.63) is 35.0 Å². The maximum absolute atomic E-state index is 13.9. The van der Waals surface area contributed by atoms with Gasteiger partial charge in [-0.15, -0.1) is 11.8 Å². The minimum Gasteiger partial charge on any atom is -0.390 e. The topological polar surface area (TPSA) is 73.6 Å². The number of β-amino-alcohol motifs (C(OH)–C–C–N with tert-alkyl or cyclic N) is 1. The first-order valence-electron chi connectivity index (χ1n) is 15.6. The lowest BCUT2D eigenvalue weighted by atomic mass is 9.75. The molecule has 3 fully saturated rings. The summed E-state index contributed by atoms with van der Waals surface area (Å²) in [7, 11) is 0. The summed E-state index contributed by atoms with van der Waals surface area (Å²) in [5.74, 6) is 1.44. The number of carbonyl (C=O) groups excluding carboxylic acids is 1. The Morgan fingerprint density at radius 3 is 2.64 bits per heavy atom. The van der Waals surface area contributed by atoms with Gasteiger partial charge in [0.2, 0.25) is 5.91 Å². The second-order valence-electron chi connectivity index (χ2n) is 12.5. The van der Waals surface area contributed by atoms with Crippen LogP contribution in [-0.4, -0.2) is 81.7 Å². The van der Waals surface area contributed by atoms with Crippen LogP contribution in [0.5, 0.6) is 0 Å². The Balaban J connectivity index is 1.20. The number of likely N-dealkylation sites (tertiary alicyclic amines) is 2. The molecule has 0 radical (unpaired) electrons. The number of benzene rings is 1. The van der Waals surface area contributed by atoms with Crippen LogP contribution in [0.3, 0.4) is 0 Å². The summed E-state index contributed by atoms with van der Waals surface area (Å²) in [5, 5.41) is 19.4. The number of hydrogen-bond acceptors (Lipinski definition) is 6. The average Bonchev–Trinajstić information content (AvgIpc) is 3.64. The molecule has 3 aliphatic heterocycles. The normalized spacial score (nSPS) is 24.0. The lowest BCUT2D eigenvalue weighted by molar-refractivity contribution is -0.139. The Labute approximate surface area is 250 Å². The van der Waals surface area contributed by atoms with Gasteiger partial charge in [-0.3, -0.25) is 9.48 Å². The first-order valence-corrected chi connectivity index (χ1v) is 16.6. The van der Waals surface area contributed by atoms with Gasteiger partial charge in [0.25, 0.3) is 0 Å². The number of thioether (sulfide) groups is 1. The molecule has 7 nitrogen and oxygen atoms in total. The van der Waals surface area contributed by atoms with Gasteiger partial charge >= 0.3 is 6.18 Å². The number of aliphatic hydroxyl groups is 1. The van der Waals surface area contributed by atoms with Crippen LogP contribution < -0.4 is 5.32 Å². The number of carbonyl (C=O) groups is 1.